The molecule has 3 heteroatoms. The van der Waals surface area contributed by atoms with Gasteiger partial charge in [-0.05, 0) is 110 Å². The van der Waals surface area contributed by atoms with Gasteiger partial charge in [0.25, 0.3) is 0 Å². The summed E-state index contributed by atoms with van der Waals surface area (Å²) in [5, 5.41) is 9.79. The zero-order chi connectivity index (χ0) is 46.8. The van der Waals surface area contributed by atoms with Crippen molar-refractivity contribution in [2.45, 2.75) is 12.5 Å². The Balaban J connectivity index is 0.916. The Morgan fingerprint density at radius 3 is 1.83 bits per heavy atom. The van der Waals surface area contributed by atoms with E-state index in [1.165, 1.54) is 71.2 Å². The largest absolute Gasteiger partial charge is 0.455 e. The van der Waals surface area contributed by atoms with Crippen LogP contribution in [0.1, 0.15) is 12.0 Å². The van der Waals surface area contributed by atoms with Crippen molar-refractivity contribution in [3.05, 3.63) is 266 Å². The number of rotatable bonds is 8. The SMILES string of the molecule is C1=CCC(N(c2ccc(-c3cccc(-c4ccccc4-n4c5ccccc5c5ccccc54)c3)cc2)c2ccccc2-c2cccc3c2oc2ccccc23)C(c2cc3ccccc3c3ccccc23)=C1. The van der Waals surface area contributed by atoms with Crippen molar-refractivity contribution in [1.29, 1.82) is 0 Å². The van der Waals surface area contributed by atoms with Crippen LogP contribution < -0.4 is 4.90 Å². The van der Waals surface area contributed by atoms with Gasteiger partial charge >= 0.3 is 0 Å². The first-order valence-corrected chi connectivity index (χ1v) is 24.6. The predicted molar refractivity (Wildman–Crippen MR) is 300 cm³/mol. The van der Waals surface area contributed by atoms with Crippen LogP contribution in [0, 0.1) is 0 Å². The number of allylic oxidation sites excluding steroid dienone is 2. The summed E-state index contributed by atoms with van der Waals surface area (Å²) >= 11 is 0. The van der Waals surface area contributed by atoms with E-state index in [0.29, 0.717) is 0 Å². The lowest BCUT2D eigenvalue weighted by Crippen LogP contribution is -2.33. The second-order valence-corrected chi connectivity index (χ2v) is 18.7. The van der Waals surface area contributed by atoms with Crippen molar-refractivity contribution in [3.63, 3.8) is 0 Å². The molecular weight excluding hydrogens is 861 g/mol. The van der Waals surface area contributed by atoms with Crippen LogP contribution in [0.3, 0.4) is 0 Å². The zero-order valence-electron chi connectivity index (χ0n) is 38.9. The Morgan fingerprint density at radius 1 is 0.408 bits per heavy atom. The van der Waals surface area contributed by atoms with Crippen LogP contribution in [0.4, 0.5) is 11.4 Å². The van der Waals surface area contributed by atoms with Gasteiger partial charge in [-0.25, -0.2) is 0 Å². The molecule has 0 saturated heterocycles. The van der Waals surface area contributed by atoms with Gasteiger partial charge in [0, 0.05) is 49.6 Å². The molecule has 13 aromatic rings. The number of aromatic nitrogens is 1. The van der Waals surface area contributed by atoms with Gasteiger partial charge in [0.2, 0.25) is 0 Å². The molecular formula is C68H46N2O. The van der Waals surface area contributed by atoms with Crippen LogP contribution in [0.25, 0.3) is 110 Å². The first kappa shape index (κ1) is 40.8. The molecule has 0 fully saturated rings. The maximum Gasteiger partial charge on any atom is 0.143 e. The smallest absolute Gasteiger partial charge is 0.143 e. The fourth-order valence-electron chi connectivity index (χ4n) is 11.6. The van der Waals surface area contributed by atoms with Crippen LogP contribution in [0.2, 0.25) is 0 Å². The molecule has 0 radical (unpaired) electrons. The molecule has 2 aromatic heterocycles. The molecule has 71 heavy (non-hydrogen) atoms. The number of benzene rings is 11. The van der Waals surface area contributed by atoms with Crippen LogP contribution in [0.5, 0.6) is 0 Å². The molecule has 0 aliphatic heterocycles. The standard InChI is InChI=1S/C68H46N2O/c1-2-22-50-48(19-1)44-61(53-25-4-3-24-52(50)53)57-29-9-13-35-64(57)69(63-34-12-8-28-56(63)59-31-18-32-60-58-30-10-16-38-67(58)71-68(59)60)49-41-39-45(40-42-49)46-20-17-21-47(43-46)51-23-5-11-33-62(51)70-65-36-14-6-26-54(65)55-27-7-15-37-66(55)70/h1-34,36-44,64H,35H2. The van der Waals surface area contributed by atoms with Gasteiger partial charge in [-0.1, -0.05) is 206 Å². The van der Waals surface area contributed by atoms with Gasteiger partial charge in [-0.3, -0.25) is 0 Å². The van der Waals surface area contributed by atoms with Crippen molar-refractivity contribution in [2.75, 3.05) is 4.90 Å². The number of anilines is 2. The third-order valence-electron chi connectivity index (χ3n) is 14.8. The number of nitrogens with zero attached hydrogens (tertiary/aromatic N) is 2. The highest BCUT2D eigenvalue weighted by atomic mass is 16.3. The highest BCUT2D eigenvalue weighted by molar-refractivity contribution is 6.14. The highest BCUT2D eigenvalue weighted by Gasteiger charge is 2.30. The Morgan fingerprint density at radius 2 is 1.01 bits per heavy atom. The summed E-state index contributed by atoms with van der Waals surface area (Å²) in [5.41, 5.74) is 17.0. The van der Waals surface area contributed by atoms with Crippen LogP contribution in [0.15, 0.2) is 265 Å². The number of fused-ring (bicyclic) bond motifs is 9. The second-order valence-electron chi connectivity index (χ2n) is 18.7. The predicted octanol–water partition coefficient (Wildman–Crippen LogP) is 18.5. The molecule has 11 aromatic carbocycles. The molecule has 1 atom stereocenters. The molecule has 2 heterocycles. The quantitative estimate of drug-likeness (QED) is 0.142. The van der Waals surface area contributed by atoms with Crippen molar-refractivity contribution < 1.29 is 4.42 Å². The summed E-state index contributed by atoms with van der Waals surface area (Å²) in [4.78, 5) is 2.58. The molecule has 0 N–H and O–H groups in total. The molecule has 0 amide bonds. The fourth-order valence-corrected chi connectivity index (χ4v) is 11.6. The molecule has 14 rings (SSSR count). The van der Waals surface area contributed by atoms with E-state index in [9.17, 15) is 0 Å². The normalized spacial score (nSPS) is 13.7. The Hall–Kier alpha value is -9.18. The molecule has 1 aliphatic rings. The fraction of sp³-hybridized carbons (Fsp3) is 0.0294. The third kappa shape index (κ3) is 6.73. The zero-order valence-corrected chi connectivity index (χ0v) is 38.9. The summed E-state index contributed by atoms with van der Waals surface area (Å²) < 4.78 is 9.16. The topological polar surface area (TPSA) is 21.3 Å². The lowest BCUT2D eigenvalue weighted by Gasteiger charge is -2.38. The van der Waals surface area contributed by atoms with Gasteiger partial charge in [-0.15, -0.1) is 0 Å². The lowest BCUT2D eigenvalue weighted by atomic mass is 9.85. The van der Waals surface area contributed by atoms with Gasteiger partial charge in [0.15, 0.2) is 0 Å². The monoisotopic (exact) mass is 906 g/mol. The average Bonchev–Trinajstić information content (AvgIpc) is 4.00. The van der Waals surface area contributed by atoms with E-state index in [-0.39, 0.29) is 6.04 Å². The second kappa shape index (κ2) is 16.8. The van der Waals surface area contributed by atoms with Crippen molar-refractivity contribution in [3.8, 4) is 39.1 Å². The lowest BCUT2D eigenvalue weighted by molar-refractivity contribution is 0.670. The molecule has 0 spiro atoms. The van der Waals surface area contributed by atoms with Crippen LogP contribution in [-0.2, 0) is 0 Å². The van der Waals surface area contributed by atoms with E-state index in [1.807, 2.05) is 6.07 Å². The third-order valence-corrected chi connectivity index (χ3v) is 14.8. The number of hydrogen-bond acceptors (Lipinski definition) is 2. The van der Waals surface area contributed by atoms with E-state index >= 15 is 0 Å². The minimum absolute atomic E-state index is 0.0351. The summed E-state index contributed by atoms with van der Waals surface area (Å²) in [6.07, 6.45) is 7.73. The maximum atomic E-state index is 6.73. The Labute approximate surface area is 412 Å². The van der Waals surface area contributed by atoms with E-state index in [2.05, 4.69) is 264 Å². The van der Waals surface area contributed by atoms with Crippen molar-refractivity contribution >= 4 is 82.2 Å². The Bertz CT molecular complexity index is 4230. The van der Waals surface area contributed by atoms with Gasteiger partial charge in [0.05, 0.1) is 22.8 Å². The van der Waals surface area contributed by atoms with Gasteiger partial charge < -0.3 is 13.9 Å². The van der Waals surface area contributed by atoms with Crippen molar-refractivity contribution in [2.24, 2.45) is 0 Å². The Kier molecular flexibility index (Phi) is 9.67. The first-order chi connectivity index (χ1) is 35.2. The average molecular weight is 907 g/mol. The minimum atomic E-state index is -0.0351. The highest BCUT2D eigenvalue weighted by Crippen LogP contribution is 2.47. The first-order valence-electron chi connectivity index (χ1n) is 24.6. The van der Waals surface area contributed by atoms with Crippen LogP contribution >= 0.6 is 0 Å². The summed E-state index contributed by atoms with van der Waals surface area (Å²) in [5.74, 6) is 0. The molecule has 1 aliphatic carbocycles. The summed E-state index contributed by atoms with van der Waals surface area (Å²) in [6, 6.07) is 88.4. The van der Waals surface area contributed by atoms with Crippen molar-refractivity contribution in [1.82, 2.24) is 4.57 Å². The van der Waals surface area contributed by atoms with E-state index in [0.717, 1.165) is 62.1 Å². The van der Waals surface area contributed by atoms with E-state index in [1.54, 1.807) is 0 Å². The molecule has 3 nitrogen and oxygen atoms in total. The summed E-state index contributed by atoms with van der Waals surface area (Å²) in [7, 11) is 0. The number of hydrogen-bond donors (Lipinski definition) is 0. The molecule has 334 valence electrons. The van der Waals surface area contributed by atoms with Gasteiger partial charge in [-0.2, -0.15) is 0 Å². The summed E-state index contributed by atoms with van der Waals surface area (Å²) in [6.45, 7) is 0. The van der Waals surface area contributed by atoms with E-state index in [4.69, 9.17) is 4.42 Å². The molecule has 0 saturated carbocycles. The molecule has 0 bridgehead atoms. The minimum Gasteiger partial charge on any atom is -0.455 e. The van der Waals surface area contributed by atoms with Crippen LogP contribution in [-0.4, -0.2) is 10.6 Å². The maximum absolute atomic E-state index is 6.73. The van der Waals surface area contributed by atoms with E-state index < -0.39 is 0 Å². The molecule has 1 unspecified atom stereocenters. The number of furan rings is 1. The number of para-hydroxylation sites is 6. The van der Waals surface area contributed by atoms with Gasteiger partial charge in [0.1, 0.15) is 11.2 Å².